The Morgan fingerprint density at radius 3 is 2.28 bits per heavy atom. The Labute approximate surface area is 293 Å². The zero-order valence-electron chi connectivity index (χ0n) is 29.5. The van der Waals surface area contributed by atoms with Crippen LogP contribution in [0.5, 0.6) is 17.2 Å². The van der Waals surface area contributed by atoms with Gasteiger partial charge < -0.3 is 33.3 Å². The van der Waals surface area contributed by atoms with Gasteiger partial charge in [-0.15, -0.1) is 0 Å². The Morgan fingerprint density at radius 2 is 1.62 bits per heavy atom. The minimum absolute atomic E-state index is 0.0943. The largest absolute Gasteiger partial charge is 0.493 e. The number of fused-ring (bicyclic) bond motifs is 1. The summed E-state index contributed by atoms with van der Waals surface area (Å²) in [4.78, 5) is 36.8. The van der Waals surface area contributed by atoms with Crippen LogP contribution in [0.1, 0.15) is 59.1 Å². The lowest BCUT2D eigenvalue weighted by Crippen LogP contribution is -2.41. The SMILES string of the molecule is CCOCCn1c(C(=O)C2CCN(CCC3(c4ccc(F)cc4)CCN(C(=O)c4cc(OC)c(OC)c(OC)c4)C3)CC2)nc2ccccc21. The van der Waals surface area contributed by atoms with Crippen LogP contribution in [0.25, 0.3) is 11.0 Å². The summed E-state index contributed by atoms with van der Waals surface area (Å²) in [6, 6.07) is 17.9. The van der Waals surface area contributed by atoms with Crippen LogP contribution in [0, 0.1) is 11.7 Å². The maximum Gasteiger partial charge on any atom is 0.254 e. The van der Waals surface area contributed by atoms with Crippen molar-refractivity contribution in [1.82, 2.24) is 19.4 Å². The number of imidazole rings is 1. The number of methoxy groups -OCH3 is 3. The number of Topliss-reactive ketones (excluding diaryl/α,β-unsaturated/α-hetero) is 1. The number of amides is 1. The Kier molecular flexibility index (Phi) is 11.0. The number of benzene rings is 3. The molecule has 0 bridgehead atoms. The molecule has 0 radical (unpaired) electrons. The van der Waals surface area contributed by atoms with Crippen molar-refractivity contribution in [2.75, 3.05) is 67.3 Å². The van der Waals surface area contributed by atoms with Crippen molar-refractivity contribution < 1.29 is 32.9 Å². The number of rotatable bonds is 14. The summed E-state index contributed by atoms with van der Waals surface area (Å²) >= 11 is 0. The van der Waals surface area contributed by atoms with E-state index < -0.39 is 0 Å². The van der Waals surface area contributed by atoms with Gasteiger partial charge in [0.05, 0.1) is 39.0 Å². The van der Waals surface area contributed by atoms with Gasteiger partial charge >= 0.3 is 0 Å². The van der Waals surface area contributed by atoms with E-state index in [4.69, 9.17) is 23.9 Å². The molecule has 1 unspecified atom stereocenters. The molecule has 2 fully saturated rings. The molecule has 2 aliphatic rings. The predicted octanol–water partition coefficient (Wildman–Crippen LogP) is 6.01. The van der Waals surface area contributed by atoms with Gasteiger partial charge in [0.2, 0.25) is 11.5 Å². The molecular formula is C39H47FN4O6. The fourth-order valence-electron chi connectivity index (χ4n) is 7.58. The van der Waals surface area contributed by atoms with Gasteiger partial charge in [-0.2, -0.15) is 0 Å². The van der Waals surface area contributed by atoms with Gasteiger partial charge in [0.15, 0.2) is 17.3 Å². The molecule has 0 aliphatic carbocycles. The first-order chi connectivity index (χ1) is 24.3. The number of nitrogens with zero attached hydrogens (tertiary/aromatic N) is 4. The van der Waals surface area contributed by atoms with Gasteiger partial charge in [0.25, 0.3) is 5.91 Å². The molecule has 1 aromatic heterocycles. The third kappa shape index (κ3) is 7.20. The van der Waals surface area contributed by atoms with Crippen LogP contribution in [-0.4, -0.2) is 98.3 Å². The Bertz CT molecular complexity index is 1780. The maximum absolute atomic E-state index is 14.0. The number of aromatic nitrogens is 2. The number of piperidine rings is 1. The fourth-order valence-corrected chi connectivity index (χ4v) is 7.58. The van der Waals surface area contributed by atoms with Crippen molar-refractivity contribution in [3.05, 3.63) is 83.4 Å². The lowest BCUT2D eigenvalue weighted by atomic mass is 9.76. The van der Waals surface area contributed by atoms with Crippen molar-refractivity contribution in [3.63, 3.8) is 0 Å². The molecule has 1 atom stereocenters. The van der Waals surface area contributed by atoms with E-state index in [1.807, 2.05) is 52.8 Å². The number of halogens is 1. The second-order valence-electron chi connectivity index (χ2n) is 13.2. The summed E-state index contributed by atoms with van der Waals surface area (Å²) in [7, 11) is 4.59. The Hall–Kier alpha value is -4.48. The minimum atomic E-state index is -0.345. The summed E-state index contributed by atoms with van der Waals surface area (Å²) in [6.07, 6.45) is 3.05. The molecule has 266 valence electrons. The predicted molar refractivity (Wildman–Crippen MR) is 189 cm³/mol. The number of ether oxygens (including phenoxy) is 4. The number of likely N-dealkylation sites (tertiary alicyclic amines) is 2. The van der Waals surface area contributed by atoms with Crippen molar-refractivity contribution in [1.29, 1.82) is 0 Å². The molecule has 6 rings (SSSR count). The molecule has 11 heteroatoms. The third-order valence-electron chi connectivity index (χ3n) is 10.4. The summed E-state index contributed by atoms with van der Waals surface area (Å²) in [5.74, 6) is 1.37. The first-order valence-corrected chi connectivity index (χ1v) is 17.5. The first kappa shape index (κ1) is 35.3. The van der Waals surface area contributed by atoms with E-state index in [9.17, 15) is 14.0 Å². The molecule has 1 amide bonds. The maximum atomic E-state index is 14.0. The first-order valence-electron chi connectivity index (χ1n) is 17.5. The van der Waals surface area contributed by atoms with Crippen LogP contribution in [0.15, 0.2) is 60.7 Å². The summed E-state index contributed by atoms with van der Waals surface area (Å²) in [6.45, 7) is 7.15. The number of hydrogen-bond acceptors (Lipinski definition) is 8. The molecule has 3 aromatic carbocycles. The van der Waals surface area contributed by atoms with Crippen molar-refractivity contribution in [2.24, 2.45) is 5.92 Å². The fraction of sp³-hybridized carbons (Fsp3) is 0.462. The number of carbonyl (C=O) groups excluding carboxylic acids is 2. The third-order valence-corrected chi connectivity index (χ3v) is 10.4. The zero-order valence-corrected chi connectivity index (χ0v) is 29.5. The summed E-state index contributed by atoms with van der Waals surface area (Å²) < 4.78 is 38.1. The van der Waals surface area contributed by atoms with Crippen molar-refractivity contribution in [3.8, 4) is 17.2 Å². The van der Waals surface area contributed by atoms with Crippen molar-refractivity contribution in [2.45, 2.75) is 44.6 Å². The summed E-state index contributed by atoms with van der Waals surface area (Å²) in [5, 5.41) is 0. The van der Waals surface area contributed by atoms with Gasteiger partial charge in [0, 0.05) is 43.1 Å². The highest BCUT2D eigenvalue weighted by Gasteiger charge is 2.42. The second-order valence-corrected chi connectivity index (χ2v) is 13.2. The number of carbonyl (C=O) groups is 2. The van der Waals surface area contributed by atoms with Crippen LogP contribution < -0.4 is 14.2 Å². The van der Waals surface area contributed by atoms with E-state index in [1.165, 1.54) is 33.5 Å². The zero-order chi connectivity index (χ0) is 35.3. The van der Waals surface area contributed by atoms with Crippen LogP contribution in [0.2, 0.25) is 0 Å². The van der Waals surface area contributed by atoms with E-state index in [2.05, 4.69) is 4.90 Å². The number of hydrogen-bond donors (Lipinski definition) is 0. The molecule has 2 aliphatic heterocycles. The van der Waals surface area contributed by atoms with E-state index in [0.29, 0.717) is 61.5 Å². The van der Waals surface area contributed by atoms with E-state index in [1.54, 1.807) is 12.1 Å². The van der Waals surface area contributed by atoms with Gasteiger partial charge in [-0.05, 0) is 94.2 Å². The van der Waals surface area contributed by atoms with Crippen LogP contribution in [-0.2, 0) is 16.7 Å². The molecule has 10 nitrogen and oxygen atoms in total. The Balaban J connectivity index is 1.14. The quantitative estimate of drug-likeness (QED) is 0.118. The van der Waals surface area contributed by atoms with Crippen LogP contribution in [0.4, 0.5) is 4.39 Å². The lowest BCUT2D eigenvalue weighted by Gasteiger charge is -2.36. The van der Waals surface area contributed by atoms with E-state index in [0.717, 1.165) is 61.9 Å². The standard InChI is InChI=1S/C39H47FN4O6/c1-5-50-23-22-44-32-9-7-6-8-31(32)41-37(44)35(45)27-14-18-42(19-15-27)20-16-39(29-10-12-30(40)13-11-29)17-21-43(26-39)38(46)28-24-33(47-2)36(49-4)34(25-28)48-3/h6-13,24-25,27H,5,14-23,26H2,1-4H3. The molecule has 0 saturated carbocycles. The smallest absolute Gasteiger partial charge is 0.254 e. The van der Waals surface area contributed by atoms with Gasteiger partial charge in [-0.1, -0.05) is 24.3 Å². The molecular weight excluding hydrogens is 639 g/mol. The van der Waals surface area contributed by atoms with Crippen molar-refractivity contribution >= 4 is 22.7 Å². The van der Waals surface area contributed by atoms with E-state index >= 15 is 0 Å². The Morgan fingerprint density at radius 1 is 0.920 bits per heavy atom. The van der Waals surface area contributed by atoms with E-state index in [-0.39, 0.29) is 28.8 Å². The topological polar surface area (TPSA) is 95.4 Å². The lowest BCUT2D eigenvalue weighted by molar-refractivity contribution is 0.0777. The van der Waals surface area contributed by atoms with Gasteiger partial charge in [0.1, 0.15) is 5.82 Å². The molecule has 0 N–H and O–H groups in total. The van der Waals surface area contributed by atoms with Crippen LogP contribution >= 0.6 is 0 Å². The average molecular weight is 687 g/mol. The molecule has 0 spiro atoms. The number of para-hydroxylation sites is 2. The molecule has 3 heterocycles. The normalized spacial score (nSPS) is 18.5. The van der Waals surface area contributed by atoms with Crippen LogP contribution in [0.3, 0.4) is 0 Å². The molecule has 2 saturated heterocycles. The van der Waals surface area contributed by atoms with Gasteiger partial charge in [-0.3, -0.25) is 9.59 Å². The molecule has 50 heavy (non-hydrogen) atoms. The molecule has 4 aromatic rings. The minimum Gasteiger partial charge on any atom is -0.493 e. The monoisotopic (exact) mass is 686 g/mol. The van der Waals surface area contributed by atoms with Gasteiger partial charge in [-0.25, -0.2) is 9.37 Å². The second kappa shape index (κ2) is 15.6. The highest BCUT2D eigenvalue weighted by Crippen LogP contribution is 2.42. The highest BCUT2D eigenvalue weighted by molar-refractivity contribution is 5.98. The number of ketones is 1. The summed E-state index contributed by atoms with van der Waals surface area (Å²) in [5.41, 5.74) is 2.91. The highest BCUT2D eigenvalue weighted by atomic mass is 19.1. The average Bonchev–Trinajstić information content (AvgIpc) is 3.76.